The summed E-state index contributed by atoms with van der Waals surface area (Å²) in [6.07, 6.45) is 3.76. The van der Waals surface area contributed by atoms with Crippen LogP contribution in [0.2, 0.25) is 0 Å². The first kappa shape index (κ1) is 18.4. The van der Waals surface area contributed by atoms with E-state index in [1.54, 1.807) is 24.3 Å². The van der Waals surface area contributed by atoms with Crippen molar-refractivity contribution in [3.63, 3.8) is 0 Å². The first-order valence-corrected chi connectivity index (χ1v) is 9.23. The van der Waals surface area contributed by atoms with E-state index in [9.17, 15) is 9.59 Å². The van der Waals surface area contributed by atoms with E-state index in [4.69, 9.17) is 0 Å². The van der Waals surface area contributed by atoms with E-state index in [0.29, 0.717) is 22.6 Å². The fourth-order valence-corrected chi connectivity index (χ4v) is 3.10. The number of hydrogen-bond acceptors (Lipinski definition) is 3. The van der Waals surface area contributed by atoms with Gasteiger partial charge in [-0.2, -0.15) is 0 Å². The number of aromatic nitrogens is 2. The van der Waals surface area contributed by atoms with Crippen LogP contribution >= 0.6 is 0 Å². The minimum atomic E-state index is -0.236. The summed E-state index contributed by atoms with van der Waals surface area (Å²) in [6.45, 7) is 3.35. The Morgan fingerprint density at radius 3 is 2.52 bits per heavy atom. The third-order valence-corrected chi connectivity index (χ3v) is 4.60. The quantitative estimate of drug-likeness (QED) is 0.543. The van der Waals surface area contributed by atoms with Crippen LogP contribution in [0.25, 0.3) is 16.9 Å². The van der Waals surface area contributed by atoms with Crippen LogP contribution < -0.4 is 10.6 Å². The maximum absolute atomic E-state index is 12.8. The van der Waals surface area contributed by atoms with Crippen LogP contribution in [0.1, 0.15) is 22.8 Å². The minimum Gasteiger partial charge on any atom is -0.326 e. The van der Waals surface area contributed by atoms with Crippen molar-refractivity contribution in [1.29, 1.82) is 0 Å². The Hall–Kier alpha value is -3.93. The number of imidazole rings is 1. The number of carbonyl (C=O) groups is 2. The van der Waals surface area contributed by atoms with Crippen molar-refractivity contribution < 1.29 is 9.59 Å². The summed E-state index contributed by atoms with van der Waals surface area (Å²) in [7, 11) is 0. The zero-order valence-corrected chi connectivity index (χ0v) is 16.1. The topological polar surface area (TPSA) is 75.5 Å². The molecule has 0 fully saturated rings. The van der Waals surface area contributed by atoms with Gasteiger partial charge >= 0.3 is 0 Å². The van der Waals surface area contributed by atoms with Gasteiger partial charge in [-0.15, -0.1) is 0 Å². The van der Waals surface area contributed by atoms with E-state index >= 15 is 0 Å². The van der Waals surface area contributed by atoms with Gasteiger partial charge in [0.1, 0.15) is 5.65 Å². The highest BCUT2D eigenvalue weighted by Crippen LogP contribution is 2.22. The number of hydrogen-bond donors (Lipinski definition) is 2. The molecule has 0 spiro atoms. The van der Waals surface area contributed by atoms with E-state index in [0.717, 1.165) is 16.8 Å². The van der Waals surface area contributed by atoms with Gasteiger partial charge in [0.15, 0.2) is 0 Å². The summed E-state index contributed by atoms with van der Waals surface area (Å²) in [5, 5.41) is 5.64. The van der Waals surface area contributed by atoms with Gasteiger partial charge < -0.3 is 15.0 Å². The summed E-state index contributed by atoms with van der Waals surface area (Å²) in [6, 6.07) is 18.8. The van der Waals surface area contributed by atoms with Crippen LogP contribution in [0, 0.1) is 6.92 Å². The van der Waals surface area contributed by atoms with Crippen molar-refractivity contribution >= 4 is 28.8 Å². The van der Waals surface area contributed by atoms with Crippen LogP contribution in [0.4, 0.5) is 11.4 Å². The predicted molar refractivity (Wildman–Crippen MR) is 114 cm³/mol. The number of aryl methyl sites for hydroxylation is 1. The highest BCUT2D eigenvalue weighted by Gasteiger charge is 2.11. The summed E-state index contributed by atoms with van der Waals surface area (Å²) in [4.78, 5) is 28.7. The van der Waals surface area contributed by atoms with Gasteiger partial charge in [-0.3, -0.25) is 9.59 Å². The molecule has 0 bridgehead atoms. The van der Waals surface area contributed by atoms with E-state index < -0.39 is 0 Å². The summed E-state index contributed by atoms with van der Waals surface area (Å²) in [5.74, 6) is -0.398. The molecule has 0 aliphatic carbocycles. The molecule has 2 aromatic carbocycles. The first-order chi connectivity index (χ1) is 14.0. The van der Waals surface area contributed by atoms with Crippen molar-refractivity contribution in [2.24, 2.45) is 0 Å². The van der Waals surface area contributed by atoms with E-state index in [2.05, 4.69) is 15.6 Å². The third kappa shape index (κ3) is 4.01. The molecular formula is C23H20N4O2. The number of rotatable bonds is 4. The van der Waals surface area contributed by atoms with Gasteiger partial charge in [0.05, 0.1) is 5.69 Å². The average Bonchev–Trinajstić information content (AvgIpc) is 3.14. The van der Waals surface area contributed by atoms with Gasteiger partial charge in [0.25, 0.3) is 5.91 Å². The molecule has 0 aliphatic heterocycles. The molecule has 144 valence electrons. The number of nitrogens with one attached hydrogen (secondary N) is 2. The Morgan fingerprint density at radius 2 is 1.76 bits per heavy atom. The molecule has 0 saturated heterocycles. The van der Waals surface area contributed by atoms with Crippen molar-refractivity contribution in [3.05, 3.63) is 84.2 Å². The number of nitrogens with zero attached hydrogens (tertiary/aromatic N) is 2. The summed E-state index contributed by atoms with van der Waals surface area (Å²) >= 11 is 0. The van der Waals surface area contributed by atoms with Crippen molar-refractivity contribution in [1.82, 2.24) is 9.38 Å². The average molecular weight is 384 g/mol. The molecule has 2 heterocycles. The van der Waals surface area contributed by atoms with Crippen LogP contribution in [-0.2, 0) is 4.79 Å². The monoisotopic (exact) mass is 384 g/mol. The summed E-state index contributed by atoms with van der Waals surface area (Å²) in [5.41, 5.74) is 5.26. The van der Waals surface area contributed by atoms with Crippen LogP contribution in [0.5, 0.6) is 0 Å². The molecule has 4 aromatic rings. The molecule has 0 radical (unpaired) electrons. The molecule has 4 rings (SSSR count). The van der Waals surface area contributed by atoms with E-state index in [1.807, 2.05) is 60.1 Å². The highest BCUT2D eigenvalue weighted by molar-refractivity contribution is 6.05. The smallest absolute Gasteiger partial charge is 0.255 e. The molecule has 2 N–H and O–H groups in total. The standard InChI is InChI=1S/C23H20N4O2/c1-15-8-9-19(24-16(2)28)13-20(15)26-23(29)18-10-11-27-14-21(25-22(27)12-18)17-6-4-3-5-7-17/h3-14H,1-2H3,(H,24,28)(H,26,29). The van der Waals surface area contributed by atoms with Crippen LogP contribution in [-0.4, -0.2) is 21.2 Å². The third-order valence-electron chi connectivity index (χ3n) is 4.60. The van der Waals surface area contributed by atoms with Gasteiger partial charge in [-0.25, -0.2) is 4.98 Å². The van der Waals surface area contributed by atoms with E-state index in [1.165, 1.54) is 6.92 Å². The lowest BCUT2D eigenvalue weighted by molar-refractivity contribution is -0.114. The molecule has 6 heteroatoms. The SMILES string of the molecule is CC(=O)Nc1ccc(C)c(NC(=O)c2ccn3cc(-c4ccccc4)nc3c2)c1. The van der Waals surface area contributed by atoms with Crippen molar-refractivity contribution in [3.8, 4) is 11.3 Å². The number of benzene rings is 2. The molecule has 0 unspecified atom stereocenters. The molecule has 0 saturated carbocycles. The molecule has 0 aliphatic rings. The maximum atomic E-state index is 12.8. The molecule has 29 heavy (non-hydrogen) atoms. The number of carbonyl (C=O) groups excluding carboxylic acids is 2. The van der Waals surface area contributed by atoms with E-state index in [-0.39, 0.29) is 11.8 Å². The van der Waals surface area contributed by atoms with Crippen LogP contribution in [0.15, 0.2) is 73.1 Å². The normalized spacial score (nSPS) is 10.7. The second kappa shape index (κ2) is 7.59. The highest BCUT2D eigenvalue weighted by atomic mass is 16.2. The summed E-state index contributed by atoms with van der Waals surface area (Å²) < 4.78 is 1.89. The van der Waals surface area contributed by atoms with Crippen LogP contribution in [0.3, 0.4) is 0 Å². The number of amides is 2. The number of pyridine rings is 1. The minimum absolute atomic E-state index is 0.162. The molecule has 0 atom stereocenters. The fourth-order valence-electron chi connectivity index (χ4n) is 3.10. The van der Waals surface area contributed by atoms with Crippen molar-refractivity contribution in [2.75, 3.05) is 10.6 Å². The Bertz CT molecular complexity index is 1210. The lowest BCUT2D eigenvalue weighted by atomic mass is 10.1. The maximum Gasteiger partial charge on any atom is 0.255 e. The Labute approximate surface area is 168 Å². The molecule has 2 aromatic heterocycles. The lowest BCUT2D eigenvalue weighted by Gasteiger charge is -2.11. The van der Waals surface area contributed by atoms with Gasteiger partial charge in [0.2, 0.25) is 5.91 Å². The second-order valence-electron chi connectivity index (χ2n) is 6.84. The Morgan fingerprint density at radius 1 is 0.966 bits per heavy atom. The number of anilines is 2. The predicted octanol–water partition coefficient (Wildman–Crippen LogP) is 4.52. The van der Waals surface area contributed by atoms with Gasteiger partial charge in [-0.1, -0.05) is 36.4 Å². The first-order valence-electron chi connectivity index (χ1n) is 9.23. The zero-order valence-electron chi connectivity index (χ0n) is 16.1. The van der Waals surface area contributed by atoms with Gasteiger partial charge in [-0.05, 0) is 36.8 Å². The largest absolute Gasteiger partial charge is 0.326 e. The number of fused-ring (bicyclic) bond motifs is 1. The lowest BCUT2D eigenvalue weighted by Crippen LogP contribution is -2.14. The Kier molecular flexibility index (Phi) is 4.83. The molecule has 2 amide bonds. The van der Waals surface area contributed by atoms with Crippen molar-refractivity contribution in [2.45, 2.75) is 13.8 Å². The molecule has 6 nitrogen and oxygen atoms in total. The van der Waals surface area contributed by atoms with Gasteiger partial charge in [0, 0.05) is 41.8 Å². The Balaban J connectivity index is 1.60. The fraction of sp³-hybridized carbons (Fsp3) is 0.0870. The molecular weight excluding hydrogens is 364 g/mol. The second-order valence-corrected chi connectivity index (χ2v) is 6.84. The zero-order chi connectivity index (χ0) is 20.4.